The molecular formula is C7H15NO4S. The molecule has 0 aliphatic heterocycles. The monoisotopic (exact) mass is 209 g/mol. The second kappa shape index (κ2) is 3.95. The third-order valence-electron chi connectivity index (χ3n) is 1.53. The second-order valence-electron chi connectivity index (χ2n) is 3.60. The molecule has 1 amide bonds. The smallest absolute Gasteiger partial charge is 0.404 e. The molecule has 0 aliphatic rings. The molecule has 0 aromatic heterocycles. The van der Waals surface area contributed by atoms with Crippen LogP contribution in [0.2, 0.25) is 0 Å². The highest BCUT2D eigenvalue weighted by Gasteiger charge is 2.28. The number of rotatable bonds is 3. The molecule has 13 heavy (non-hydrogen) atoms. The molecule has 0 aromatic carbocycles. The Labute approximate surface area is 78.2 Å². The molecule has 0 fully saturated rings. The summed E-state index contributed by atoms with van der Waals surface area (Å²) in [6, 6.07) is 0. The van der Waals surface area contributed by atoms with Crippen LogP contribution in [0, 0.1) is 0 Å². The first kappa shape index (κ1) is 12.2. The van der Waals surface area contributed by atoms with Crippen LogP contribution in [0.15, 0.2) is 0 Å². The van der Waals surface area contributed by atoms with E-state index in [1.807, 2.05) is 0 Å². The van der Waals surface area contributed by atoms with Gasteiger partial charge in [0, 0.05) is 0 Å². The lowest BCUT2D eigenvalue weighted by Gasteiger charge is -2.18. The van der Waals surface area contributed by atoms with Crippen LogP contribution < -0.4 is 5.73 Å². The van der Waals surface area contributed by atoms with Gasteiger partial charge in [-0.05, 0) is 20.8 Å². The Hall–Kier alpha value is -0.780. The van der Waals surface area contributed by atoms with Crippen molar-refractivity contribution in [1.29, 1.82) is 0 Å². The standard InChI is InChI=1S/C7H15NO4S/c1-7(2,3)13(10,11)5-4-12-6(8)9/h4-5H2,1-3H3,(H2,8,9). The molecule has 0 saturated carbocycles. The molecule has 0 heterocycles. The SMILES string of the molecule is CC(C)(C)S(=O)(=O)CCOC(N)=O. The van der Waals surface area contributed by atoms with E-state index >= 15 is 0 Å². The average molecular weight is 209 g/mol. The molecule has 2 N–H and O–H groups in total. The van der Waals surface area contributed by atoms with Crippen LogP contribution in [0.3, 0.4) is 0 Å². The van der Waals surface area contributed by atoms with Gasteiger partial charge in [0.25, 0.3) is 0 Å². The topological polar surface area (TPSA) is 86.5 Å². The molecule has 6 heteroatoms. The molecule has 0 spiro atoms. The minimum atomic E-state index is -3.23. The van der Waals surface area contributed by atoms with E-state index in [9.17, 15) is 13.2 Å². The van der Waals surface area contributed by atoms with Crippen LogP contribution in [0.25, 0.3) is 0 Å². The van der Waals surface area contributed by atoms with E-state index in [4.69, 9.17) is 0 Å². The summed E-state index contributed by atoms with van der Waals surface area (Å²) in [6.45, 7) is 4.58. The van der Waals surface area contributed by atoms with Gasteiger partial charge < -0.3 is 10.5 Å². The lowest BCUT2D eigenvalue weighted by molar-refractivity contribution is 0.163. The van der Waals surface area contributed by atoms with E-state index < -0.39 is 20.7 Å². The van der Waals surface area contributed by atoms with Crippen molar-refractivity contribution in [2.45, 2.75) is 25.5 Å². The Morgan fingerprint density at radius 3 is 2.15 bits per heavy atom. The summed E-state index contributed by atoms with van der Waals surface area (Å²) in [7, 11) is -3.23. The van der Waals surface area contributed by atoms with Gasteiger partial charge in [-0.2, -0.15) is 0 Å². The van der Waals surface area contributed by atoms with Crippen LogP contribution in [0.4, 0.5) is 4.79 Å². The molecule has 0 bridgehead atoms. The van der Waals surface area contributed by atoms with Gasteiger partial charge in [0.15, 0.2) is 9.84 Å². The number of ether oxygens (including phenoxy) is 1. The van der Waals surface area contributed by atoms with Crippen molar-refractivity contribution >= 4 is 15.9 Å². The number of hydrogen-bond acceptors (Lipinski definition) is 4. The fourth-order valence-electron chi connectivity index (χ4n) is 0.558. The summed E-state index contributed by atoms with van der Waals surface area (Å²) in [5, 5.41) is 0. The predicted molar refractivity (Wildman–Crippen MR) is 49.1 cm³/mol. The molecule has 5 nitrogen and oxygen atoms in total. The number of hydrogen-bond donors (Lipinski definition) is 1. The van der Waals surface area contributed by atoms with Gasteiger partial charge >= 0.3 is 6.09 Å². The van der Waals surface area contributed by atoms with Crippen molar-refractivity contribution < 1.29 is 17.9 Å². The molecule has 78 valence electrons. The van der Waals surface area contributed by atoms with Crippen molar-refractivity contribution in [3.63, 3.8) is 0 Å². The fraction of sp³-hybridized carbons (Fsp3) is 0.857. The zero-order valence-electron chi connectivity index (χ0n) is 8.03. The van der Waals surface area contributed by atoms with Crippen molar-refractivity contribution in [3.05, 3.63) is 0 Å². The highest BCUT2D eigenvalue weighted by atomic mass is 32.2. The normalized spacial score (nSPS) is 12.5. The van der Waals surface area contributed by atoms with Gasteiger partial charge in [-0.25, -0.2) is 13.2 Å². The zero-order valence-corrected chi connectivity index (χ0v) is 8.85. The molecule has 0 rings (SSSR count). The minimum absolute atomic E-state index is 0.186. The molecule has 0 unspecified atom stereocenters. The van der Waals surface area contributed by atoms with Crippen LogP contribution in [0.5, 0.6) is 0 Å². The quantitative estimate of drug-likeness (QED) is 0.724. The second-order valence-corrected chi connectivity index (χ2v) is 6.46. The van der Waals surface area contributed by atoms with E-state index in [0.717, 1.165) is 0 Å². The molecule has 0 atom stereocenters. The number of primary amides is 1. The third kappa shape index (κ3) is 4.12. The lowest BCUT2D eigenvalue weighted by atomic mass is 10.3. The van der Waals surface area contributed by atoms with Gasteiger partial charge in [0.2, 0.25) is 0 Å². The van der Waals surface area contributed by atoms with Crippen LogP contribution in [-0.2, 0) is 14.6 Å². The maximum atomic E-state index is 11.4. The van der Waals surface area contributed by atoms with Crippen LogP contribution in [-0.4, -0.2) is 31.6 Å². The van der Waals surface area contributed by atoms with Crippen molar-refractivity contribution in [2.75, 3.05) is 12.4 Å². The van der Waals surface area contributed by atoms with Crippen LogP contribution >= 0.6 is 0 Å². The summed E-state index contributed by atoms with van der Waals surface area (Å²) in [5.74, 6) is -0.195. The summed E-state index contributed by atoms with van der Waals surface area (Å²) in [4.78, 5) is 10.1. The Balaban J connectivity index is 4.15. The van der Waals surface area contributed by atoms with Gasteiger partial charge in [-0.15, -0.1) is 0 Å². The van der Waals surface area contributed by atoms with Gasteiger partial charge in [0.1, 0.15) is 6.61 Å². The van der Waals surface area contributed by atoms with E-state index in [1.54, 1.807) is 20.8 Å². The molecule has 0 aliphatic carbocycles. The fourth-order valence-corrected chi connectivity index (χ4v) is 1.47. The Bertz CT molecular complexity index is 275. The number of carbonyl (C=O) groups excluding carboxylic acids is 1. The lowest BCUT2D eigenvalue weighted by Crippen LogP contribution is -2.32. The first-order valence-electron chi connectivity index (χ1n) is 3.81. The Morgan fingerprint density at radius 1 is 1.38 bits per heavy atom. The van der Waals surface area contributed by atoms with Gasteiger partial charge in [-0.3, -0.25) is 0 Å². The van der Waals surface area contributed by atoms with E-state index in [-0.39, 0.29) is 12.4 Å². The predicted octanol–water partition coefficient (Wildman–Crippen LogP) is 0.295. The number of amides is 1. The minimum Gasteiger partial charge on any atom is -0.449 e. The van der Waals surface area contributed by atoms with E-state index in [1.165, 1.54) is 0 Å². The molecule has 0 radical (unpaired) electrons. The van der Waals surface area contributed by atoms with Gasteiger partial charge in [-0.1, -0.05) is 0 Å². The van der Waals surface area contributed by atoms with Crippen LogP contribution in [0.1, 0.15) is 20.8 Å². The first-order chi connectivity index (χ1) is 5.67. The highest BCUT2D eigenvalue weighted by Crippen LogP contribution is 2.15. The number of sulfone groups is 1. The maximum Gasteiger partial charge on any atom is 0.404 e. The Morgan fingerprint density at radius 2 is 1.85 bits per heavy atom. The third-order valence-corrected chi connectivity index (χ3v) is 4.10. The summed E-state index contributed by atoms with van der Waals surface area (Å²) < 4.78 is 26.3. The van der Waals surface area contributed by atoms with Crippen molar-refractivity contribution in [1.82, 2.24) is 0 Å². The number of nitrogens with two attached hydrogens (primary N) is 1. The molecule has 0 aromatic rings. The molecular weight excluding hydrogens is 194 g/mol. The Kier molecular flexibility index (Phi) is 3.71. The van der Waals surface area contributed by atoms with Gasteiger partial charge in [0.05, 0.1) is 10.5 Å². The zero-order chi connectivity index (χ0) is 10.7. The number of carbonyl (C=O) groups is 1. The maximum absolute atomic E-state index is 11.4. The summed E-state index contributed by atoms with van der Waals surface area (Å²) >= 11 is 0. The largest absolute Gasteiger partial charge is 0.449 e. The average Bonchev–Trinajstić information content (AvgIpc) is 1.82. The van der Waals surface area contributed by atoms with Crippen molar-refractivity contribution in [3.8, 4) is 0 Å². The van der Waals surface area contributed by atoms with Crippen molar-refractivity contribution in [2.24, 2.45) is 5.73 Å². The van der Waals surface area contributed by atoms with E-state index in [2.05, 4.69) is 10.5 Å². The summed E-state index contributed by atoms with van der Waals surface area (Å²) in [6.07, 6.45) is -0.955. The van der Waals surface area contributed by atoms with E-state index in [0.29, 0.717) is 0 Å². The first-order valence-corrected chi connectivity index (χ1v) is 5.46. The summed E-state index contributed by atoms with van der Waals surface area (Å²) in [5.41, 5.74) is 4.67. The molecule has 0 saturated heterocycles. The highest BCUT2D eigenvalue weighted by molar-refractivity contribution is 7.92.